The van der Waals surface area contributed by atoms with Crippen LogP contribution in [-0.4, -0.2) is 26.3 Å². The first-order valence-electron chi connectivity index (χ1n) is 8.29. The van der Waals surface area contributed by atoms with Gasteiger partial charge in [0.1, 0.15) is 11.3 Å². The van der Waals surface area contributed by atoms with Crippen molar-refractivity contribution in [2.45, 2.75) is 58.4 Å². The number of Topliss-reactive ketones (excluding diaryl/α,β-unsaturated/α-hetero) is 1. The third kappa shape index (κ3) is 4.53. The van der Waals surface area contributed by atoms with Gasteiger partial charge in [-0.25, -0.2) is 9.97 Å². The zero-order valence-corrected chi connectivity index (χ0v) is 14.6. The van der Waals surface area contributed by atoms with Crippen molar-refractivity contribution >= 4 is 34.3 Å². The second kappa shape index (κ2) is 7.42. The number of carbonyl (C=O) groups is 1. The largest absolute Gasteiger partial charge is 0.397 e. The Labute approximate surface area is 142 Å². The summed E-state index contributed by atoms with van der Waals surface area (Å²) in [6.07, 6.45) is 5.89. The van der Waals surface area contributed by atoms with Gasteiger partial charge >= 0.3 is 0 Å². The number of ketones is 1. The lowest BCUT2D eigenvalue weighted by atomic mass is 9.89. The highest BCUT2D eigenvalue weighted by Crippen LogP contribution is 2.29. The summed E-state index contributed by atoms with van der Waals surface area (Å²) in [7, 11) is 0. The summed E-state index contributed by atoms with van der Waals surface area (Å²) in [6.45, 7) is 5.86. The maximum absolute atomic E-state index is 11.4. The van der Waals surface area contributed by atoms with E-state index in [1.165, 1.54) is 0 Å². The van der Waals surface area contributed by atoms with Gasteiger partial charge in [0.25, 0.3) is 0 Å². The molecule has 0 bridgehead atoms. The Hall–Kier alpha value is -2.44. The number of pyridine rings is 1. The Morgan fingerprint density at radius 1 is 1.29 bits per heavy atom. The van der Waals surface area contributed by atoms with Crippen LogP contribution in [0.2, 0.25) is 0 Å². The van der Waals surface area contributed by atoms with Gasteiger partial charge < -0.3 is 21.6 Å². The van der Waals surface area contributed by atoms with Crippen LogP contribution in [0.25, 0.3) is 11.0 Å². The predicted octanol–water partition coefficient (Wildman–Crippen LogP) is 2.92. The molecular formula is C17H26N6O. The van der Waals surface area contributed by atoms with Gasteiger partial charge in [0.2, 0.25) is 5.95 Å². The van der Waals surface area contributed by atoms with E-state index in [2.05, 4.69) is 34.1 Å². The molecule has 0 fully saturated rings. The summed E-state index contributed by atoms with van der Waals surface area (Å²) < 4.78 is 0. The summed E-state index contributed by atoms with van der Waals surface area (Å²) in [4.78, 5) is 24.3. The molecule has 0 saturated heterocycles. The van der Waals surface area contributed by atoms with E-state index in [4.69, 9.17) is 11.5 Å². The molecule has 0 aliphatic carbocycles. The van der Waals surface area contributed by atoms with Crippen molar-refractivity contribution in [3.05, 3.63) is 12.3 Å². The van der Waals surface area contributed by atoms with E-state index in [0.29, 0.717) is 29.0 Å². The molecule has 0 radical (unpaired) electrons. The molecule has 0 amide bonds. The van der Waals surface area contributed by atoms with E-state index in [-0.39, 0.29) is 17.3 Å². The third-order valence-electron chi connectivity index (χ3n) is 4.11. The Bertz CT molecular complexity index is 727. The lowest BCUT2D eigenvalue weighted by molar-refractivity contribution is -0.117. The van der Waals surface area contributed by atoms with Gasteiger partial charge in [-0.15, -0.1) is 0 Å². The van der Waals surface area contributed by atoms with E-state index < -0.39 is 0 Å². The van der Waals surface area contributed by atoms with Gasteiger partial charge in [0.15, 0.2) is 5.82 Å². The monoisotopic (exact) mass is 330 g/mol. The van der Waals surface area contributed by atoms with Crippen LogP contribution in [0.15, 0.2) is 12.3 Å². The molecule has 0 aromatic carbocycles. The molecule has 0 aliphatic rings. The second-order valence-electron chi connectivity index (χ2n) is 6.56. The van der Waals surface area contributed by atoms with Crippen LogP contribution in [-0.2, 0) is 4.79 Å². The number of nitrogens with one attached hydrogen (secondary N) is 1. The lowest BCUT2D eigenvalue weighted by Crippen LogP contribution is -2.36. The van der Waals surface area contributed by atoms with Crippen molar-refractivity contribution in [3.8, 4) is 0 Å². The zero-order chi connectivity index (χ0) is 17.7. The number of hydrogen-bond donors (Lipinski definition) is 3. The number of nitrogen functional groups attached to an aromatic ring is 2. The van der Waals surface area contributed by atoms with Crippen molar-refractivity contribution in [2.75, 3.05) is 16.8 Å². The first kappa shape index (κ1) is 17.9. The molecule has 7 nitrogen and oxygen atoms in total. The Balaban J connectivity index is 2.37. The summed E-state index contributed by atoms with van der Waals surface area (Å²) in [5.41, 5.74) is 13.1. The fourth-order valence-electron chi connectivity index (χ4n) is 2.69. The second-order valence-corrected chi connectivity index (χ2v) is 6.56. The smallest absolute Gasteiger partial charge is 0.222 e. The number of anilines is 3. The zero-order valence-electron chi connectivity index (χ0n) is 14.6. The van der Waals surface area contributed by atoms with Gasteiger partial charge in [-0.3, -0.25) is 0 Å². The summed E-state index contributed by atoms with van der Waals surface area (Å²) in [6, 6.07) is 1.73. The highest BCUT2D eigenvalue weighted by Gasteiger charge is 2.26. The SMILES string of the molecule is CCCC[C@@](C)(CCC(C)=O)Nc1nc(N)nc2cc(N)cnc12. The van der Waals surface area contributed by atoms with Crippen LogP contribution >= 0.6 is 0 Å². The van der Waals surface area contributed by atoms with E-state index in [9.17, 15) is 4.79 Å². The topological polar surface area (TPSA) is 120 Å². The van der Waals surface area contributed by atoms with Crippen LogP contribution in [0.3, 0.4) is 0 Å². The molecule has 2 rings (SSSR count). The molecule has 0 unspecified atom stereocenters. The predicted molar refractivity (Wildman–Crippen MR) is 97.6 cm³/mol. The van der Waals surface area contributed by atoms with Crippen LogP contribution in [0, 0.1) is 0 Å². The molecule has 0 saturated carbocycles. The Morgan fingerprint density at radius 2 is 2.04 bits per heavy atom. The standard InChI is InChI=1S/C17H26N6O/c1-4-5-7-17(3,8-6-11(2)24)23-15-14-13(21-16(19)22-15)9-12(18)10-20-14/h9-10H,4-8,18H2,1-3H3,(H3,19,21,22,23)/t17-/m0/s1. The minimum Gasteiger partial charge on any atom is -0.397 e. The average molecular weight is 330 g/mol. The maximum atomic E-state index is 11.4. The molecule has 24 heavy (non-hydrogen) atoms. The highest BCUT2D eigenvalue weighted by atomic mass is 16.1. The first-order chi connectivity index (χ1) is 11.3. The Kier molecular flexibility index (Phi) is 5.54. The molecule has 2 aromatic rings. The molecule has 7 heteroatoms. The fourth-order valence-corrected chi connectivity index (χ4v) is 2.69. The van der Waals surface area contributed by atoms with Crippen molar-refractivity contribution in [3.63, 3.8) is 0 Å². The number of nitrogens with zero attached hydrogens (tertiary/aromatic N) is 3. The van der Waals surface area contributed by atoms with Gasteiger partial charge in [-0.1, -0.05) is 19.8 Å². The molecule has 2 aromatic heterocycles. The number of unbranched alkanes of at least 4 members (excludes halogenated alkanes) is 1. The van der Waals surface area contributed by atoms with Crippen LogP contribution in [0.4, 0.5) is 17.5 Å². The number of carbonyl (C=O) groups excluding carboxylic acids is 1. The van der Waals surface area contributed by atoms with Gasteiger partial charge in [0.05, 0.1) is 17.4 Å². The molecule has 2 heterocycles. The van der Waals surface area contributed by atoms with Crippen molar-refractivity contribution in [1.82, 2.24) is 15.0 Å². The Morgan fingerprint density at radius 3 is 2.71 bits per heavy atom. The number of nitrogens with two attached hydrogens (primary N) is 2. The highest BCUT2D eigenvalue weighted by molar-refractivity contribution is 5.88. The van der Waals surface area contributed by atoms with Crippen LogP contribution < -0.4 is 16.8 Å². The molecule has 1 atom stereocenters. The molecule has 0 aliphatic heterocycles. The average Bonchev–Trinajstić information content (AvgIpc) is 2.50. The summed E-state index contributed by atoms with van der Waals surface area (Å²) in [5, 5.41) is 3.46. The number of hydrogen-bond acceptors (Lipinski definition) is 7. The quantitative estimate of drug-likeness (QED) is 0.680. The van der Waals surface area contributed by atoms with Crippen molar-refractivity contribution in [1.29, 1.82) is 0 Å². The third-order valence-corrected chi connectivity index (χ3v) is 4.11. The minimum atomic E-state index is -0.265. The molecular weight excluding hydrogens is 304 g/mol. The van der Waals surface area contributed by atoms with E-state index >= 15 is 0 Å². The maximum Gasteiger partial charge on any atom is 0.222 e. The van der Waals surface area contributed by atoms with E-state index in [1.807, 2.05) is 0 Å². The summed E-state index contributed by atoms with van der Waals surface area (Å²) >= 11 is 0. The minimum absolute atomic E-state index is 0.168. The fraction of sp³-hybridized carbons (Fsp3) is 0.529. The lowest BCUT2D eigenvalue weighted by Gasteiger charge is -2.31. The molecule has 5 N–H and O–H groups in total. The molecule has 130 valence electrons. The number of aromatic nitrogens is 3. The van der Waals surface area contributed by atoms with E-state index in [1.54, 1.807) is 19.2 Å². The van der Waals surface area contributed by atoms with Gasteiger partial charge in [0, 0.05) is 12.0 Å². The number of fused-ring (bicyclic) bond motifs is 1. The first-order valence-corrected chi connectivity index (χ1v) is 8.29. The number of rotatable bonds is 8. The van der Waals surface area contributed by atoms with Crippen molar-refractivity contribution in [2.24, 2.45) is 0 Å². The van der Waals surface area contributed by atoms with E-state index in [0.717, 1.165) is 25.7 Å². The summed E-state index contributed by atoms with van der Waals surface area (Å²) in [5.74, 6) is 0.930. The van der Waals surface area contributed by atoms with Gasteiger partial charge in [-0.05, 0) is 32.8 Å². The van der Waals surface area contributed by atoms with Gasteiger partial charge in [-0.2, -0.15) is 4.98 Å². The van der Waals surface area contributed by atoms with Crippen LogP contribution in [0.5, 0.6) is 0 Å². The van der Waals surface area contributed by atoms with Crippen molar-refractivity contribution < 1.29 is 4.79 Å². The van der Waals surface area contributed by atoms with Crippen LogP contribution in [0.1, 0.15) is 52.9 Å². The normalized spacial score (nSPS) is 13.6. The molecule has 0 spiro atoms.